The first-order valence-corrected chi connectivity index (χ1v) is 11.6. The number of aryl methyl sites for hydroxylation is 2. The van der Waals surface area contributed by atoms with Gasteiger partial charge in [-0.2, -0.15) is 0 Å². The molecule has 6 nitrogen and oxygen atoms in total. The maximum atomic E-state index is 12.4. The Morgan fingerprint density at radius 2 is 2.17 bits per heavy atom. The zero-order chi connectivity index (χ0) is 20.4. The van der Waals surface area contributed by atoms with E-state index in [1.807, 2.05) is 23.8 Å². The van der Waals surface area contributed by atoms with Crippen molar-refractivity contribution in [2.24, 2.45) is 0 Å². The lowest BCUT2D eigenvalue weighted by atomic mass is 10.3. The third kappa shape index (κ3) is 4.69. The molecule has 0 fully saturated rings. The molecular weight excluding hydrogens is 448 g/mol. The van der Waals surface area contributed by atoms with E-state index in [-0.39, 0.29) is 24.4 Å². The molecule has 0 saturated heterocycles. The van der Waals surface area contributed by atoms with Gasteiger partial charge >= 0.3 is 0 Å². The topological polar surface area (TPSA) is 76.9 Å². The Morgan fingerprint density at radius 3 is 2.93 bits per heavy atom. The summed E-state index contributed by atoms with van der Waals surface area (Å²) in [4.78, 5) is 34.9. The standard InChI is InChI=1S/C19H15ClN4O2S3/c1-11-9-28-19(22-11)29-15-3-2-12(8-14(15)20)23-16(25)4-6-24-10-21-17-13(18(24)26)5-7-27-17/h2-3,5,7-10H,4,6H2,1H3,(H,23,25). The largest absolute Gasteiger partial charge is 0.326 e. The van der Waals surface area contributed by atoms with Crippen molar-refractivity contribution >= 4 is 67.8 Å². The van der Waals surface area contributed by atoms with Gasteiger partial charge in [-0.3, -0.25) is 14.2 Å². The van der Waals surface area contributed by atoms with Crippen molar-refractivity contribution < 1.29 is 4.79 Å². The second kappa shape index (κ2) is 8.66. The van der Waals surface area contributed by atoms with Crippen molar-refractivity contribution in [2.75, 3.05) is 5.32 Å². The molecule has 29 heavy (non-hydrogen) atoms. The normalized spacial score (nSPS) is 11.1. The highest BCUT2D eigenvalue weighted by atomic mass is 35.5. The highest BCUT2D eigenvalue weighted by molar-refractivity contribution is 8.01. The van der Waals surface area contributed by atoms with E-state index in [0.717, 1.165) is 14.9 Å². The molecule has 4 aromatic rings. The molecule has 1 amide bonds. The number of nitrogens with one attached hydrogen (secondary N) is 1. The van der Waals surface area contributed by atoms with Gasteiger partial charge in [-0.15, -0.1) is 22.7 Å². The minimum Gasteiger partial charge on any atom is -0.326 e. The molecule has 0 bridgehead atoms. The van der Waals surface area contributed by atoms with Crippen LogP contribution in [0, 0.1) is 6.92 Å². The lowest BCUT2D eigenvalue weighted by Crippen LogP contribution is -2.23. The van der Waals surface area contributed by atoms with Gasteiger partial charge in [0.15, 0.2) is 4.34 Å². The highest BCUT2D eigenvalue weighted by Gasteiger charge is 2.10. The number of rotatable bonds is 6. The van der Waals surface area contributed by atoms with E-state index in [1.54, 1.807) is 29.5 Å². The maximum Gasteiger partial charge on any atom is 0.262 e. The summed E-state index contributed by atoms with van der Waals surface area (Å²) >= 11 is 10.8. The summed E-state index contributed by atoms with van der Waals surface area (Å²) in [5.74, 6) is -0.200. The van der Waals surface area contributed by atoms with Gasteiger partial charge in [0, 0.05) is 34.6 Å². The maximum absolute atomic E-state index is 12.4. The molecule has 0 saturated carbocycles. The Balaban J connectivity index is 1.38. The van der Waals surface area contributed by atoms with Crippen LogP contribution < -0.4 is 10.9 Å². The lowest BCUT2D eigenvalue weighted by molar-refractivity contribution is -0.116. The smallest absolute Gasteiger partial charge is 0.262 e. The molecule has 10 heteroatoms. The second-order valence-corrected chi connectivity index (χ2v) is 9.63. The Labute approximate surface area is 183 Å². The van der Waals surface area contributed by atoms with Crippen LogP contribution in [0.3, 0.4) is 0 Å². The predicted molar refractivity (Wildman–Crippen MR) is 120 cm³/mol. The number of hydrogen-bond acceptors (Lipinski definition) is 7. The van der Waals surface area contributed by atoms with E-state index >= 15 is 0 Å². The fraction of sp³-hybridized carbons (Fsp3) is 0.158. The van der Waals surface area contributed by atoms with E-state index in [4.69, 9.17) is 11.6 Å². The molecule has 1 aromatic carbocycles. The third-order valence-electron chi connectivity index (χ3n) is 4.04. The van der Waals surface area contributed by atoms with E-state index in [0.29, 0.717) is 20.9 Å². The summed E-state index contributed by atoms with van der Waals surface area (Å²) in [6, 6.07) is 7.13. The summed E-state index contributed by atoms with van der Waals surface area (Å²) in [6.45, 7) is 2.21. The monoisotopic (exact) mass is 462 g/mol. The van der Waals surface area contributed by atoms with Gasteiger partial charge in [0.25, 0.3) is 5.56 Å². The van der Waals surface area contributed by atoms with Gasteiger partial charge in [0.2, 0.25) is 5.91 Å². The van der Waals surface area contributed by atoms with Gasteiger partial charge in [-0.25, -0.2) is 9.97 Å². The van der Waals surface area contributed by atoms with Gasteiger partial charge in [0.1, 0.15) is 4.83 Å². The number of nitrogens with zero attached hydrogens (tertiary/aromatic N) is 3. The number of aromatic nitrogens is 3. The van der Waals surface area contributed by atoms with E-state index in [9.17, 15) is 9.59 Å². The summed E-state index contributed by atoms with van der Waals surface area (Å²) in [7, 11) is 0. The number of amides is 1. The first-order valence-electron chi connectivity index (χ1n) is 8.61. The van der Waals surface area contributed by atoms with Gasteiger partial charge in [0.05, 0.1) is 16.7 Å². The fourth-order valence-electron chi connectivity index (χ4n) is 2.63. The summed E-state index contributed by atoms with van der Waals surface area (Å²) in [6.07, 6.45) is 1.64. The molecular formula is C19H15ClN4O2S3. The van der Waals surface area contributed by atoms with E-state index in [2.05, 4.69) is 15.3 Å². The number of hydrogen-bond donors (Lipinski definition) is 1. The van der Waals surface area contributed by atoms with Gasteiger partial charge < -0.3 is 5.32 Å². The Morgan fingerprint density at radius 1 is 1.31 bits per heavy atom. The summed E-state index contributed by atoms with van der Waals surface area (Å²) in [5.41, 5.74) is 1.45. The van der Waals surface area contributed by atoms with Crippen LogP contribution in [0.4, 0.5) is 5.69 Å². The van der Waals surface area contributed by atoms with Crippen molar-refractivity contribution in [2.45, 2.75) is 29.1 Å². The highest BCUT2D eigenvalue weighted by Crippen LogP contribution is 2.36. The third-order valence-corrected chi connectivity index (χ3v) is 7.42. The average Bonchev–Trinajstić information content (AvgIpc) is 3.33. The van der Waals surface area contributed by atoms with Crippen LogP contribution in [-0.2, 0) is 11.3 Å². The molecule has 4 rings (SSSR count). The number of carbonyl (C=O) groups is 1. The molecule has 0 unspecified atom stereocenters. The van der Waals surface area contributed by atoms with Crippen molar-refractivity contribution in [3.63, 3.8) is 0 Å². The van der Waals surface area contributed by atoms with Crippen LogP contribution in [0.5, 0.6) is 0 Å². The van der Waals surface area contributed by atoms with Crippen LogP contribution in [0.25, 0.3) is 10.2 Å². The zero-order valence-electron chi connectivity index (χ0n) is 15.2. The molecule has 1 N–H and O–H groups in total. The molecule has 0 aliphatic carbocycles. The Hall–Kier alpha value is -2.20. The minimum atomic E-state index is -0.200. The molecule has 0 aliphatic heterocycles. The van der Waals surface area contributed by atoms with Crippen molar-refractivity contribution in [1.29, 1.82) is 0 Å². The molecule has 3 heterocycles. The second-order valence-electron chi connectivity index (χ2n) is 6.18. The first-order chi connectivity index (χ1) is 14.0. The van der Waals surface area contributed by atoms with Crippen LogP contribution in [0.1, 0.15) is 12.1 Å². The number of anilines is 1. The summed E-state index contributed by atoms with van der Waals surface area (Å²) in [5, 5.41) is 7.76. The lowest BCUT2D eigenvalue weighted by Gasteiger charge is -2.09. The van der Waals surface area contributed by atoms with Crippen LogP contribution in [0.15, 0.2) is 55.4 Å². The quantitative estimate of drug-likeness (QED) is 0.433. The van der Waals surface area contributed by atoms with Crippen molar-refractivity contribution in [3.05, 3.63) is 62.4 Å². The van der Waals surface area contributed by atoms with Crippen LogP contribution in [-0.4, -0.2) is 20.4 Å². The predicted octanol–water partition coefficient (Wildman–Crippen LogP) is 5.06. The SMILES string of the molecule is Cc1csc(Sc2ccc(NC(=O)CCn3cnc4sccc4c3=O)cc2Cl)n1. The first kappa shape index (κ1) is 20.1. The van der Waals surface area contributed by atoms with Gasteiger partial charge in [-0.1, -0.05) is 23.4 Å². The van der Waals surface area contributed by atoms with Crippen LogP contribution in [0.2, 0.25) is 5.02 Å². The van der Waals surface area contributed by atoms with Crippen molar-refractivity contribution in [3.8, 4) is 0 Å². The number of thiophene rings is 1. The number of benzene rings is 1. The molecule has 0 spiro atoms. The van der Waals surface area contributed by atoms with E-state index < -0.39 is 0 Å². The van der Waals surface area contributed by atoms with Crippen LogP contribution >= 0.6 is 46.0 Å². The Bertz CT molecular complexity index is 1250. The zero-order valence-corrected chi connectivity index (χ0v) is 18.4. The molecule has 0 radical (unpaired) electrons. The van der Waals surface area contributed by atoms with Crippen molar-refractivity contribution in [1.82, 2.24) is 14.5 Å². The number of thiazole rings is 1. The van der Waals surface area contributed by atoms with Gasteiger partial charge in [-0.05, 0) is 36.6 Å². The van der Waals surface area contributed by atoms with E-state index in [1.165, 1.54) is 34.0 Å². The average molecular weight is 463 g/mol. The molecule has 148 valence electrons. The number of carbonyl (C=O) groups excluding carboxylic acids is 1. The Kier molecular flexibility index (Phi) is 6.00. The fourth-order valence-corrected chi connectivity index (χ4v) is 5.45. The minimum absolute atomic E-state index is 0.133. The molecule has 3 aromatic heterocycles. The summed E-state index contributed by atoms with van der Waals surface area (Å²) < 4.78 is 2.38. The number of halogens is 1. The molecule has 0 aliphatic rings. The number of fused-ring (bicyclic) bond motifs is 1. The molecule has 0 atom stereocenters.